The van der Waals surface area contributed by atoms with Gasteiger partial charge in [0.2, 0.25) is 17.7 Å². The summed E-state index contributed by atoms with van der Waals surface area (Å²) < 4.78 is 0. The van der Waals surface area contributed by atoms with Crippen molar-refractivity contribution in [3.05, 3.63) is 81.1 Å². The summed E-state index contributed by atoms with van der Waals surface area (Å²) in [4.78, 5) is 95.3. The van der Waals surface area contributed by atoms with E-state index in [0.717, 1.165) is 42.0 Å². The van der Waals surface area contributed by atoms with Crippen molar-refractivity contribution in [1.82, 2.24) is 30.1 Å². The molecule has 0 spiro atoms. The molecule has 0 aliphatic carbocycles. The minimum absolute atomic E-state index is 0.0650. The average Bonchev–Trinajstić information content (AvgIpc) is 3.77. The number of carbonyl (C=O) groups is 6. The molecule has 3 aliphatic rings. The third-order valence-electron chi connectivity index (χ3n) is 10.3. The Balaban J connectivity index is 0.821. The number of hydrogen-bond donors (Lipinski definition) is 4. The molecule has 5 heterocycles. The third kappa shape index (κ3) is 8.95. The summed E-state index contributed by atoms with van der Waals surface area (Å²) in [5.74, 6) is -0.456. The molecule has 7 rings (SSSR count). The molecule has 2 saturated heterocycles. The van der Waals surface area contributed by atoms with Gasteiger partial charge in [-0.25, -0.2) is 15.0 Å². The van der Waals surface area contributed by atoms with E-state index in [1.165, 1.54) is 17.5 Å². The van der Waals surface area contributed by atoms with E-state index in [2.05, 4.69) is 41.1 Å². The quantitative estimate of drug-likeness (QED) is 0.0946. The zero-order valence-corrected chi connectivity index (χ0v) is 33.7. The molecule has 0 radical (unpaired) electrons. The van der Waals surface area contributed by atoms with E-state index in [0.29, 0.717) is 77.2 Å². The number of carbonyl (C=O) groups excluding carboxylic acids is 6. The number of fused-ring (bicyclic) bond motifs is 1. The zero-order chi connectivity index (χ0) is 40.9. The van der Waals surface area contributed by atoms with Gasteiger partial charge in [0.1, 0.15) is 28.4 Å². The van der Waals surface area contributed by atoms with Crippen molar-refractivity contribution in [2.75, 3.05) is 53.6 Å². The minimum Gasteiger partial charge on any atom is -0.384 e. The van der Waals surface area contributed by atoms with Gasteiger partial charge in [0.15, 0.2) is 5.13 Å². The number of nitrogens with zero attached hydrogens (tertiary/aromatic N) is 6. The number of halogens is 1. The van der Waals surface area contributed by atoms with Gasteiger partial charge in [-0.1, -0.05) is 54.0 Å². The highest BCUT2D eigenvalue weighted by molar-refractivity contribution is 7.17. The summed E-state index contributed by atoms with van der Waals surface area (Å²) in [7, 11) is 0. The van der Waals surface area contributed by atoms with Crippen LogP contribution in [0.2, 0.25) is 5.02 Å². The molecule has 1 unspecified atom stereocenters. The molecule has 302 valence electrons. The van der Waals surface area contributed by atoms with Crippen LogP contribution in [0.4, 0.5) is 28.1 Å². The number of amides is 6. The number of unbranched alkanes of at least 4 members (excludes halogenated alkanes) is 3. The first-order valence-electron chi connectivity index (χ1n) is 19.2. The van der Waals surface area contributed by atoms with Gasteiger partial charge in [-0.05, 0) is 56.9 Å². The van der Waals surface area contributed by atoms with E-state index in [4.69, 9.17) is 11.6 Å². The van der Waals surface area contributed by atoms with Crippen molar-refractivity contribution < 1.29 is 28.8 Å². The topological polar surface area (TPSA) is 199 Å². The SMILES string of the molecule is Cc1nc(Nc2ncc(C(=O)Nc3c(C)cccc3Cl)s2)cc(N2CCN(C(=O)CCCCCCNc3cccc4c3C(=O)N(C3CCC(=O)NC3=O)C4=O)CC2)n1. The highest BCUT2D eigenvalue weighted by Gasteiger charge is 2.45. The Morgan fingerprint density at radius 1 is 0.948 bits per heavy atom. The van der Waals surface area contributed by atoms with Gasteiger partial charge in [-0.2, -0.15) is 0 Å². The van der Waals surface area contributed by atoms with E-state index in [1.807, 2.05) is 36.9 Å². The van der Waals surface area contributed by atoms with Crippen LogP contribution >= 0.6 is 22.9 Å². The van der Waals surface area contributed by atoms with Gasteiger partial charge in [0, 0.05) is 57.3 Å². The zero-order valence-electron chi connectivity index (χ0n) is 32.1. The number of hydrogen-bond acceptors (Lipinski definition) is 13. The number of aromatic nitrogens is 3. The Morgan fingerprint density at radius 2 is 1.72 bits per heavy atom. The molecule has 16 nitrogen and oxygen atoms in total. The van der Waals surface area contributed by atoms with Crippen molar-refractivity contribution >= 4 is 86.5 Å². The van der Waals surface area contributed by atoms with Gasteiger partial charge in [0.05, 0.1) is 28.0 Å². The summed E-state index contributed by atoms with van der Waals surface area (Å²) in [5.41, 5.74) is 2.43. The fraction of sp³-hybridized carbons (Fsp3) is 0.375. The van der Waals surface area contributed by atoms with Crippen molar-refractivity contribution in [3.63, 3.8) is 0 Å². The molecule has 58 heavy (non-hydrogen) atoms. The maximum absolute atomic E-state index is 13.3. The van der Waals surface area contributed by atoms with E-state index >= 15 is 0 Å². The van der Waals surface area contributed by atoms with Gasteiger partial charge in [-0.15, -0.1) is 0 Å². The summed E-state index contributed by atoms with van der Waals surface area (Å²) in [5, 5.41) is 12.5. The number of aryl methyl sites for hydroxylation is 2. The molecular weight excluding hydrogens is 784 g/mol. The van der Waals surface area contributed by atoms with E-state index in [-0.39, 0.29) is 35.8 Å². The first-order chi connectivity index (χ1) is 28.0. The number of thiazole rings is 1. The van der Waals surface area contributed by atoms with Gasteiger partial charge < -0.3 is 25.8 Å². The van der Waals surface area contributed by atoms with Crippen LogP contribution in [0.25, 0.3) is 0 Å². The lowest BCUT2D eigenvalue weighted by atomic mass is 10.0. The summed E-state index contributed by atoms with van der Waals surface area (Å²) in [6.45, 7) is 6.66. The van der Waals surface area contributed by atoms with Crippen molar-refractivity contribution in [2.45, 2.75) is 64.8 Å². The summed E-state index contributed by atoms with van der Waals surface area (Å²) in [6, 6.07) is 11.3. The molecule has 4 aromatic rings. The molecular formula is C40H43ClN10O6S. The van der Waals surface area contributed by atoms with Crippen LogP contribution in [-0.4, -0.2) is 99.0 Å². The largest absolute Gasteiger partial charge is 0.384 e. The van der Waals surface area contributed by atoms with Crippen LogP contribution in [0.1, 0.15) is 86.7 Å². The molecule has 18 heteroatoms. The second-order valence-corrected chi connectivity index (χ2v) is 15.8. The number of anilines is 5. The summed E-state index contributed by atoms with van der Waals surface area (Å²) >= 11 is 7.48. The molecule has 2 fully saturated rings. The van der Waals surface area contributed by atoms with Crippen molar-refractivity contribution in [1.29, 1.82) is 0 Å². The molecule has 0 saturated carbocycles. The highest BCUT2D eigenvalue weighted by atomic mass is 35.5. The minimum atomic E-state index is -1.01. The Hall–Kier alpha value is -5.94. The molecule has 6 amide bonds. The molecule has 2 aromatic carbocycles. The number of benzene rings is 2. The molecule has 1 atom stereocenters. The lowest BCUT2D eigenvalue weighted by Gasteiger charge is -2.35. The molecule has 2 aromatic heterocycles. The van der Waals surface area contributed by atoms with Gasteiger partial charge in [-0.3, -0.25) is 39.0 Å². The smallest absolute Gasteiger partial charge is 0.267 e. The van der Waals surface area contributed by atoms with Crippen LogP contribution in [0.3, 0.4) is 0 Å². The Labute approximate surface area is 343 Å². The highest BCUT2D eigenvalue weighted by Crippen LogP contribution is 2.33. The Bertz CT molecular complexity index is 2260. The molecule has 0 bridgehead atoms. The fourth-order valence-electron chi connectivity index (χ4n) is 7.27. The number of piperazine rings is 1. The van der Waals surface area contributed by atoms with E-state index in [9.17, 15) is 28.8 Å². The van der Waals surface area contributed by atoms with Crippen LogP contribution in [-0.2, 0) is 14.4 Å². The van der Waals surface area contributed by atoms with Crippen LogP contribution in [0.15, 0.2) is 48.7 Å². The number of imide groups is 2. The van der Waals surface area contributed by atoms with Crippen LogP contribution in [0, 0.1) is 13.8 Å². The Kier molecular flexibility index (Phi) is 12.3. The van der Waals surface area contributed by atoms with E-state index in [1.54, 1.807) is 24.3 Å². The van der Waals surface area contributed by atoms with Crippen LogP contribution in [0.5, 0.6) is 0 Å². The first kappa shape index (κ1) is 40.3. The number of para-hydroxylation sites is 1. The first-order valence-corrected chi connectivity index (χ1v) is 20.4. The van der Waals surface area contributed by atoms with Crippen LogP contribution < -0.4 is 26.2 Å². The fourth-order valence-corrected chi connectivity index (χ4v) is 8.26. The number of nitrogens with one attached hydrogen (secondary N) is 4. The monoisotopic (exact) mass is 826 g/mol. The second-order valence-electron chi connectivity index (χ2n) is 14.3. The number of piperidine rings is 1. The average molecular weight is 827 g/mol. The summed E-state index contributed by atoms with van der Waals surface area (Å²) in [6.07, 6.45) is 5.43. The lowest BCUT2D eigenvalue weighted by Crippen LogP contribution is -2.54. The maximum atomic E-state index is 13.3. The van der Waals surface area contributed by atoms with Gasteiger partial charge in [0.25, 0.3) is 17.7 Å². The lowest BCUT2D eigenvalue weighted by molar-refractivity contribution is -0.136. The predicted octanol–water partition coefficient (Wildman–Crippen LogP) is 5.31. The van der Waals surface area contributed by atoms with Crippen molar-refractivity contribution in [3.8, 4) is 0 Å². The normalized spacial score (nSPS) is 16.7. The maximum Gasteiger partial charge on any atom is 0.267 e. The third-order valence-corrected chi connectivity index (χ3v) is 11.5. The predicted molar refractivity (Wildman–Crippen MR) is 220 cm³/mol. The Morgan fingerprint density at radius 3 is 2.50 bits per heavy atom. The van der Waals surface area contributed by atoms with Gasteiger partial charge >= 0.3 is 0 Å². The van der Waals surface area contributed by atoms with Crippen molar-refractivity contribution in [2.24, 2.45) is 0 Å². The molecule has 4 N–H and O–H groups in total. The number of rotatable bonds is 14. The second kappa shape index (κ2) is 17.7. The standard InChI is InChI=1S/C40H43ClN10O6S/c1-23-9-7-11-26(41)35(23)48-37(55)29-22-43-40(58-29)46-30-21-31(45-24(2)44-30)49-17-19-50(20-18-49)33(53)13-5-3-4-6-16-42-27-12-8-10-25-34(27)39(57)51(38(25)56)28-14-15-32(52)47-36(28)54/h7-12,21-22,28,42H,3-6,13-20H2,1-2H3,(H,48,55)(H,47,52,54)(H,43,44,45,46). The molecule has 3 aliphatic heterocycles. The van der Waals surface area contributed by atoms with E-state index < -0.39 is 29.7 Å².